The minimum atomic E-state index is 1.18. The first-order chi connectivity index (χ1) is 6.33. The molecule has 0 bridgehead atoms. The van der Waals surface area contributed by atoms with Gasteiger partial charge in [0.05, 0.1) is 0 Å². The lowest BCUT2D eigenvalue weighted by molar-refractivity contribution is 0.903. The van der Waals surface area contributed by atoms with E-state index in [1.807, 2.05) is 0 Å². The fourth-order valence-electron chi connectivity index (χ4n) is 1.89. The monoisotopic (exact) mass is 173 g/mol. The average molecular weight is 173 g/mol. The van der Waals surface area contributed by atoms with Crippen LogP contribution in [0.25, 0.3) is 10.9 Å². The van der Waals surface area contributed by atoms with Crippen LogP contribution in [0.1, 0.15) is 18.9 Å². The minimum absolute atomic E-state index is 1.18. The maximum absolute atomic E-state index is 2.24. The molecule has 0 radical (unpaired) electrons. The van der Waals surface area contributed by atoms with Crippen molar-refractivity contribution in [2.75, 3.05) is 0 Å². The highest BCUT2D eigenvalue weighted by Gasteiger charge is 2.03. The molecule has 13 heavy (non-hydrogen) atoms. The second-order valence-electron chi connectivity index (χ2n) is 3.53. The Hall–Kier alpha value is -1.24. The summed E-state index contributed by atoms with van der Waals surface area (Å²) in [7, 11) is 2.11. The third kappa shape index (κ3) is 1.35. The quantitative estimate of drug-likeness (QED) is 0.657. The zero-order valence-corrected chi connectivity index (χ0v) is 8.25. The van der Waals surface area contributed by atoms with Gasteiger partial charge in [-0.15, -0.1) is 0 Å². The molecule has 1 aromatic heterocycles. The smallest absolute Gasteiger partial charge is 0.0480 e. The Morgan fingerprint density at radius 1 is 1.23 bits per heavy atom. The van der Waals surface area contributed by atoms with Gasteiger partial charge in [0, 0.05) is 24.1 Å². The molecule has 0 saturated heterocycles. The first kappa shape index (κ1) is 8.36. The molecule has 0 fully saturated rings. The van der Waals surface area contributed by atoms with Crippen LogP contribution >= 0.6 is 0 Å². The molecule has 1 nitrogen and oxygen atoms in total. The Labute approximate surface area is 79.0 Å². The Morgan fingerprint density at radius 3 is 2.77 bits per heavy atom. The maximum Gasteiger partial charge on any atom is 0.0480 e. The number of nitrogens with zero attached hydrogens (tertiary/aromatic N) is 1. The maximum atomic E-state index is 2.24. The van der Waals surface area contributed by atoms with E-state index in [-0.39, 0.29) is 0 Å². The SMILES string of the molecule is CCCc1cn(C)c2ccccc12. The summed E-state index contributed by atoms with van der Waals surface area (Å²) in [5, 5.41) is 1.41. The highest BCUT2D eigenvalue weighted by Crippen LogP contribution is 2.21. The highest BCUT2D eigenvalue weighted by atomic mass is 14.9. The van der Waals surface area contributed by atoms with E-state index in [4.69, 9.17) is 0 Å². The summed E-state index contributed by atoms with van der Waals surface area (Å²) in [4.78, 5) is 0. The molecule has 1 aromatic carbocycles. The van der Waals surface area contributed by atoms with E-state index in [1.54, 1.807) is 0 Å². The normalized spacial score (nSPS) is 10.9. The molecule has 0 spiro atoms. The minimum Gasteiger partial charge on any atom is -0.350 e. The Balaban J connectivity index is 2.63. The second-order valence-corrected chi connectivity index (χ2v) is 3.53. The Morgan fingerprint density at radius 2 is 2.00 bits per heavy atom. The predicted molar refractivity (Wildman–Crippen MR) is 56.9 cm³/mol. The van der Waals surface area contributed by atoms with Crippen molar-refractivity contribution >= 4 is 10.9 Å². The van der Waals surface area contributed by atoms with E-state index in [2.05, 4.69) is 49.0 Å². The molecule has 0 saturated carbocycles. The van der Waals surface area contributed by atoms with Crippen molar-refractivity contribution in [3.8, 4) is 0 Å². The predicted octanol–water partition coefficient (Wildman–Crippen LogP) is 3.13. The van der Waals surface area contributed by atoms with Crippen LogP contribution < -0.4 is 0 Å². The summed E-state index contributed by atoms with van der Waals surface area (Å²) in [6.45, 7) is 2.22. The van der Waals surface area contributed by atoms with Crippen molar-refractivity contribution in [3.63, 3.8) is 0 Å². The van der Waals surface area contributed by atoms with E-state index in [9.17, 15) is 0 Å². The number of hydrogen-bond acceptors (Lipinski definition) is 0. The number of rotatable bonds is 2. The fraction of sp³-hybridized carbons (Fsp3) is 0.333. The van der Waals surface area contributed by atoms with Crippen molar-refractivity contribution in [2.24, 2.45) is 7.05 Å². The van der Waals surface area contributed by atoms with Gasteiger partial charge in [-0.3, -0.25) is 0 Å². The molecule has 2 aromatic rings. The standard InChI is InChI=1S/C12H15N/c1-3-6-10-9-13(2)12-8-5-4-7-11(10)12/h4-5,7-9H,3,6H2,1-2H3. The van der Waals surface area contributed by atoms with Gasteiger partial charge < -0.3 is 4.57 Å². The fourth-order valence-corrected chi connectivity index (χ4v) is 1.89. The summed E-state index contributed by atoms with van der Waals surface area (Å²) in [6.07, 6.45) is 4.64. The van der Waals surface area contributed by atoms with Crippen molar-refractivity contribution in [3.05, 3.63) is 36.0 Å². The molecule has 1 heterocycles. The topological polar surface area (TPSA) is 4.93 Å². The summed E-state index contributed by atoms with van der Waals surface area (Å²) in [5.41, 5.74) is 2.81. The molecule has 0 N–H and O–H groups in total. The number of para-hydroxylation sites is 1. The first-order valence-electron chi connectivity index (χ1n) is 4.86. The number of aryl methyl sites for hydroxylation is 2. The molecule has 0 aliphatic rings. The third-order valence-corrected chi connectivity index (χ3v) is 2.50. The van der Waals surface area contributed by atoms with Gasteiger partial charge in [-0.05, 0) is 18.1 Å². The zero-order valence-electron chi connectivity index (χ0n) is 8.25. The first-order valence-corrected chi connectivity index (χ1v) is 4.86. The van der Waals surface area contributed by atoms with E-state index < -0.39 is 0 Å². The van der Waals surface area contributed by atoms with Crippen LogP contribution in [0.2, 0.25) is 0 Å². The van der Waals surface area contributed by atoms with Crippen LogP contribution in [0, 0.1) is 0 Å². The summed E-state index contributed by atoms with van der Waals surface area (Å²) in [6, 6.07) is 8.59. The molecule has 0 unspecified atom stereocenters. The Kier molecular flexibility index (Phi) is 2.09. The van der Waals surface area contributed by atoms with Gasteiger partial charge in [0.2, 0.25) is 0 Å². The molecule has 0 aliphatic carbocycles. The molecule has 0 aliphatic heterocycles. The van der Waals surface area contributed by atoms with E-state index in [1.165, 1.54) is 29.3 Å². The molecule has 68 valence electrons. The van der Waals surface area contributed by atoms with Crippen LogP contribution in [0.15, 0.2) is 30.5 Å². The van der Waals surface area contributed by atoms with Gasteiger partial charge in [-0.2, -0.15) is 0 Å². The van der Waals surface area contributed by atoms with Crippen molar-refractivity contribution in [1.29, 1.82) is 0 Å². The van der Waals surface area contributed by atoms with Crippen molar-refractivity contribution in [2.45, 2.75) is 19.8 Å². The van der Waals surface area contributed by atoms with Gasteiger partial charge >= 0.3 is 0 Å². The lowest BCUT2D eigenvalue weighted by Crippen LogP contribution is -1.82. The molecule has 2 rings (SSSR count). The average Bonchev–Trinajstić information content (AvgIpc) is 2.46. The van der Waals surface area contributed by atoms with Gasteiger partial charge in [0.1, 0.15) is 0 Å². The molecule has 1 heteroatoms. The lowest BCUT2D eigenvalue weighted by atomic mass is 10.1. The van der Waals surface area contributed by atoms with Crippen LogP contribution in [0.5, 0.6) is 0 Å². The number of hydrogen-bond donors (Lipinski definition) is 0. The van der Waals surface area contributed by atoms with Crippen LogP contribution in [0.3, 0.4) is 0 Å². The van der Waals surface area contributed by atoms with E-state index in [0.717, 1.165) is 0 Å². The summed E-state index contributed by atoms with van der Waals surface area (Å²) in [5.74, 6) is 0. The van der Waals surface area contributed by atoms with E-state index >= 15 is 0 Å². The van der Waals surface area contributed by atoms with Gasteiger partial charge in [0.15, 0.2) is 0 Å². The van der Waals surface area contributed by atoms with Crippen molar-refractivity contribution in [1.82, 2.24) is 4.57 Å². The number of fused-ring (bicyclic) bond motifs is 1. The van der Waals surface area contributed by atoms with Gasteiger partial charge in [-0.1, -0.05) is 31.5 Å². The zero-order chi connectivity index (χ0) is 9.26. The molecule has 0 atom stereocenters. The number of benzene rings is 1. The summed E-state index contributed by atoms with van der Waals surface area (Å²) < 4.78 is 2.21. The summed E-state index contributed by atoms with van der Waals surface area (Å²) >= 11 is 0. The number of aromatic nitrogens is 1. The lowest BCUT2D eigenvalue weighted by Gasteiger charge is -1.94. The molecular formula is C12H15N. The van der Waals surface area contributed by atoms with Crippen LogP contribution in [0.4, 0.5) is 0 Å². The molecular weight excluding hydrogens is 158 g/mol. The van der Waals surface area contributed by atoms with Gasteiger partial charge in [-0.25, -0.2) is 0 Å². The van der Waals surface area contributed by atoms with Crippen molar-refractivity contribution < 1.29 is 0 Å². The second kappa shape index (κ2) is 3.25. The third-order valence-electron chi connectivity index (χ3n) is 2.50. The molecule has 0 amide bonds. The van der Waals surface area contributed by atoms with E-state index in [0.29, 0.717) is 0 Å². The largest absolute Gasteiger partial charge is 0.350 e. The highest BCUT2D eigenvalue weighted by molar-refractivity contribution is 5.83. The van der Waals surface area contributed by atoms with Gasteiger partial charge in [0.25, 0.3) is 0 Å². The van der Waals surface area contributed by atoms with Crippen LogP contribution in [-0.4, -0.2) is 4.57 Å². The Bertz CT molecular complexity index is 412. The van der Waals surface area contributed by atoms with Crippen LogP contribution in [-0.2, 0) is 13.5 Å².